The van der Waals surface area contributed by atoms with Crippen molar-refractivity contribution >= 4 is 24.3 Å². The average Bonchev–Trinajstić information content (AvgIpc) is 3.43. The zero-order valence-electron chi connectivity index (χ0n) is 31.7. The maximum Gasteiger partial charge on any atom is 0.407 e. The number of hydrogen-bond acceptors (Lipinski definition) is 10. The van der Waals surface area contributed by atoms with E-state index in [1.807, 2.05) is 39.0 Å². The molecule has 1 saturated carbocycles. The molecule has 7 unspecified atom stereocenters. The molecule has 53 heavy (non-hydrogen) atoms. The zero-order valence-corrected chi connectivity index (χ0v) is 31.7. The molecule has 6 rings (SSSR count). The number of dihydropyridines is 1. The molecule has 0 aromatic heterocycles. The summed E-state index contributed by atoms with van der Waals surface area (Å²) < 4.78 is 22.8. The molecule has 2 aliphatic carbocycles. The SMILES string of the molecule is COC(=O)N[C@H](C(=O)NN(Cc1ccc(C2(C)C=CC=NC2)cc1)CC(O)[C@H](CC1=CCCCC1)NC(=O)OC1C2COC3OC1CC3C2)C(C)(C)C. The third-order valence-electron chi connectivity index (χ3n) is 11.3. The van der Waals surface area contributed by atoms with Crippen LogP contribution in [0.2, 0.25) is 0 Å². The van der Waals surface area contributed by atoms with E-state index in [4.69, 9.17) is 18.9 Å². The lowest BCUT2D eigenvalue weighted by molar-refractivity contribution is -0.153. The number of ether oxygens (including phenoxy) is 4. The first-order chi connectivity index (χ1) is 25.3. The van der Waals surface area contributed by atoms with E-state index in [1.165, 1.54) is 12.7 Å². The van der Waals surface area contributed by atoms with E-state index in [0.29, 0.717) is 25.5 Å². The highest BCUT2D eigenvalue weighted by Crippen LogP contribution is 2.46. The van der Waals surface area contributed by atoms with Crippen LogP contribution in [0.25, 0.3) is 0 Å². The molecular formula is C40H57N5O8. The minimum absolute atomic E-state index is 0.0229. The molecule has 4 N–H and O–H groups in total. The number of benzene rings is 1. The Morgan fingerprint density at radius 2 is 1.89 bits per heavy atom. The van der Waals surface area contributed by atoms with Crippen LogP contribution in [0.4, 0.5) is 9.59 Å². The molecule has 5 aliphatic rings. The van der Waals surface area contributed by atoms with Gasteiger partial charge in [-0.25, -0.2) is 14.6 Å². The van der Waals surface area contributed by atoms with Crippen LogP contribution < -0.4 is 16.1 Å². The van der Waals surface area contributed by atoms with Crippen LogP contribution in [0.5, 0.6) is 0 Å². The first kappa shape index (κ1) is 38.9. The number of carbonyl (C=O) groups is 3. The van der Waals surface area contributed by atoms with E-state index in [1.54, 1.807) is 11.2 Å². The molecule has 3 aliphatic heterocycles. The normalized spacial score (nSPS) is 29.2. The minimum atomic E-state index is -1.10. The first-order valence-electron chi connectivity index (χ1n) is 19.1. The topological polar surface area (TPSA) is 160 Å². The van der Waals surface area contributed by atoms with Gasteiger partial charge in [-0.2, -0.15) is 0 Å². The second kappa shape index (κ2) is 16.7. The van der Waals surface area contributed by atoms with Crippen LogP contribution in [0.15, 0.2) is 53.1 Å². The third-order valence-corrected chi connectivity index (χ3v) is 11.3. The molecule has 3 amide bonds. The maximum absolute atomic E-state index is 13.9. The predicted octanol–water partition coefficient (Wildman–Crippen LogP) is 4.68. The molecule has 3 bridgehead atoms. The number of aliphatic imine (C=N–C) groups is 1. The number of alkyl carbamates (subject to hydrolysis) is 2. The smallest absolute Gasteiger partial charge is 0.407 e. The Labute approximate surface area is 312 Å². The summed E-state index contributed by atoms with van der Waals surface area (Å²) in [5, 5.41) is 19.3. The molecule has 9 atom stereocenters. The third kappa shape index (κ3) is 9.67. The van der Waals surface area contributed by atoms with E-state index in [9.17, 15) is 19.5 Å². The number of methoxy groups -OCH3 is 1. The van der Waals surface area contributed by atoms with Crippen molar-refractivity contribution in [1.82, 2.24) is 21.1 Å². The van der Waals surface area contributed by atoms with Crippen molar-refractivity contribution in [2.75, 3.05) is 26.8 Å². The molecule has 290 valence electrons. The monoisotopic (exact) mass is 735 g/mol. The van der Waals surface area contributed by atoms with Gasteiger partial charge < -0.3 is 34.7 Å². The molecular weight excluding hydrogens is 678 g/mol. The molecule has 13 heteroatoms. The van der Waals surface area contributed by atoms with Gasteiger partial charge in [0.05, 0.1) is 38.5 Å². The predicted molar refractivity (Wildman–Crippen MR) is 199 cm³/mol. The Balaban J connectivity index is 1.20. The lowest BCUT2D eigenvalue weighted by atomic mass is 9.78. The second-order valence-corrected chi connectivity index (χ2v) is 16.6. The molecule has 1 aromatic carbocycles. The standard InChI is InChI=1S/C40H57N5O8/c1-39(2,3)34(43-37(48)50-5)35(47)44-45(21-26-12-14-29(15-13-26)40(4)16-9-17-41-24-40)22-31(46)30(18-25-10-7-6-8-11-25)42-38(49)53-33-28-19-27-20-32(33)52-36(27)51-23-28/h9-10,12-17,27-28,30-34,36,46H,6-8,11,18-24H2,1-5H3,(H,42,49)(H,43,48)(H,44,47)/t27?,28?,30-,31?,32?,33?,34+,36?,40?/m0/s1. The summed E-state index contributed by atoms with van der Waals surface area (Å²) in [4.78, 5) is 44.2. The summed E-state index contributed by atoms with van der Waals surface area (Å²) in [6.07, 6.45) is 11.0. The minimum Gasteiger partial charge on any atom is -0.453 e. The highest BCUT2D eigenvalue weighted by atomic mass is 16.7. The number of allylic oxidation sites excluding steroid dienone is 2. The molecule has 1 aromatic rings. The van der Waals surface area contributed by atoms with Gasteiger partial charge in [0.15, 0.2) is 6.29 Å². The van der Waals surface area contributed by atoms with E-state index in [2.05, 4.69) is 52.3 Å². The fourth-order valence-electron chi connectivity index (χ4n) is 8.27. The summed E-state index contributed by atoms with van der Waals surface area (Å²) in [7, 11) is 1.25. The number of nitrogens with zero attached hydrogens (tertiary/aromatic N) is 2. The number of nitrogens with one attached hydrogen (secondary N) is 3. The van der Waals surface area contributed by atoms with Gasteiger partial charge in [0.1, 0.15) is 12.1 Å². The fraction of sp³-hybridized carbons (Fsp3) is 0.650. The Bertz CT molecular complexity index is 1550. The summed E-state index contributed by atoms with van der Waals surface area (Å²) in [6, 6.07) is 6.48. The van der Waals surface area contributed by atoms with Crippen LogP contribution in [0, 0.1) is 17.3 Å². The molecule has 0 spiro atoms. The number of aliphatic hydroxyl groups excluding tert-OH is 1. The number of hydrogen-bond donors (Lipinski definition) is 4. The number of fused-ring (bicyclic) bond motifs is 2. The largest absolute Gasteiger partial charge is 0.453 e. The number of rotatable bonds is 13. The molecule has 2 saturated heterocycles. The summed E-state index contributed by atoms with van der Waals surface area (Å²) in [5.74, 6) is -0.0508. The number of aliphatic hydroxyl groups is 1. The van der Waals surface area contributed by atoms with Crippen molar-refractivity contribution in [3.8, 4) is 0 Å². The van der Waals surface area contributed by atoms with Crippen molar-refractivity contribution in [3.05, 3.63) is 59.2 Å². The van der Waals surface area contributed by atoms with E-state index < -0.39 is 47.8 Å². The zero-order chi connectivity index (χ0) is 37.8. The molecule has 3 fully saturated rings. The van der Waals surface area contributed by atoms with Crippen LogP contribution in [0.1, 0.15) is 83.8 Å². The Kier molecular flexibility index (Phi) is 12.3. The first-order valence-corrected chi connectivity index (χ1v) is 19.1. The second-order valence-electron chi connectivity index (χ2n) is 16.6. The molecule has 3 heterocycles. The van der Waals surface area contributed by atoms with Crippen LogP contribution in [-0.2, 0) is 35.7 Å². The lowest BCUT2D eigenvalue weighted by Crippen LogP contribution is -2.59. The Morgan fingerprint density at radius 3 is 2.57 bits per heavy atom. The van der Waals surface area contributed by atoms with Crippen molar-refractivity contribution in [1.29, 1.82) is 0 Å². The summed E-state index contributed by atoms with van der Waals surface area (Å²) in [5.41, 5.74) is 5.26. The highest BCUT2D eigenvalue weighted by Gasteiger charge is 2.53. The van der Waals surface area contributed by atoms with Gasteiger partial charge in [-0.15, -0.1) is 0 Å². The van der Waals surface area contributed by atoms with Gasteiger partial charge in [0, 0.05) is 36.6 Å². The summed E-state index contributed by atoms with van der Waals surface area (Å²) in [6.45, 7) is 9.05. The number of amides is 3. The number of hydrazine groups is 1. The van der Waals surface area contributed by atoms with Crippen LogP contribution in [-0.4, -0.2) is 97.9 Å². The van der Waals surface area contributed by atoms with Gasteiger partial charge in [-0.3, -0.25) is 15.2 Å². The van der Waals surface area contributed by atoms with Gasteiger partial charge in [0.25, 0.3) is 5.91 Å². The summed E-state index contributed by atoms with van der Waals surface area (Å²) >= 11 is 0. The molecule has 13 nitrogen and oxygen atoms in total. The van der Waals surface area contributed by atoms with Gasteiger partial charge in [-0.1, -0.05) is 69.7 Å². The van der Waals surface area contributed by atoms with E-state index >= 15 is 0 Å². The average molecular weight is 736 g/mol. The quantitative estimate of drug-likeness (QED) is 0.167. The Hall–Kier alpha value is -3.78. The van der Waals surface area contributed by atoms with Crippen LogP contribution >= 0.6 is 0 Å². The molecule has 0 radical (unpaired) electrons. The lowest BCUT2D eigenvalue weighted by Gasteiger charge is -2.37. The Morgan fingerprint density at radius 1 is 1.09 bits per heavy atom. The van der Waals surface area contributed by atoms with Crippen LogP contribution in [0.3, 0.4) is 0 Å². The van der Waals surface area contributed by atoms with Crippen molar-refractivity contribution in [2.24, 2.45) is 22.2 Å². The fourth-order valence-corrected chi connectivity index (χ4v) is 8.27. The van der Waals surface area contributed by atoms with Gasteiger partial charge >= 0.3 is 12.2 Å². The van der Waals surface area contributed by atoms with Gasteiger partial charge in [0.2, 0.25) is 0 Å². The highest BCUT2D eigenvalue weighted by molar-refractivity contribution is 5.86. The number of carbonyl (C=O) groups excluding carboxylic acids is 3. The van der Waals surface area contributed by atoms with Gasteiger partial charge in [-0.05, 0) is 67.6 Å². The van der Waals surface area contributed by atoms with Crippen molar-refractivity contribution in [3.63, 3.8) is 0 Å². The van der Waals surface area contributed by atoms with E-state index in [-0.39, 0.29) is 36.8 Å². The van der Waals surface area contributed by atoms with E-state index in [0.717, 1.165) is 49.7 Å². The van der Waals surface area contributed by atoms with Crippen molar-refractivity contribution in [2.45, 2.75) is 121 Å². The maximum atomic E-state index is 13.9. The van der Waals surface area contributed by atoms with Crippen molar-refractivity contribution < 1.29 is 38.4 Å².